The number of benzene rings is 2. The number of pyridine rings is 1. The molecular weight excluding hydrogens is 450 g/mol. The van der Waals surface area contributed by atoms with E-state index in [1.807, 2.05) is 54.8 Å². The molecule has 0 aliphatic heterocycles. The van der Waals surface area contributed by atoms with Crippen LogP contribution in [0.25, 0.3) is 20.8 Å². The van der Waals surface area contributed by atoms with Crippen LogP contribution in [0.5, 0.6) is 0 Å². The number of rotatable bonds is 6. The molecule has 33 heavy (non-hydrogen) atoms. The molecule has 0 saturated carbocycles. The Hall–Kier alpha value is -3.62. The Kier molecular flexibility index (Phi) is 5.85. The molecule has 0 spiro atoms. The van der Waals surface area contributed by atoms with Gasteiger partial charge in [0.1, 0.15) is 10.8 Å². The summed E-state index contributed by atoms with van der Waals surface area (Å²) in [5, 5.41) is 9.70. The van der Waals surface area contributed by atoms with E-state index in [0.717, 1.165) is 33.3 Å². The molecule has 3 aromatic heterocycles. The molecule has 6 nitrogen and oxygen atoms in total. The maximum Gasteiger partial charge on any atom is 0.230 e. The van der Waals surface area contributed by atoms with Crippen molar-refractivity contribution in [1.82, 2.24) is 15.0 Å². The monoisotopic (exact) mass is 471 g/mol. The van der Waals surface area contributed by atoms with Crippen LogP contribution in [0.1, 0.15) is 17.0 Å². The zero-order valence-corrected chi connectivity index (χ0v) is 19.8. The van der Waals surface area contributed by atoms with E-state index in [-0.39, 0.29) is 12.3 Å². The number of aryl methyl sites for hydroxylation is 2. The highest BCUT2D eigenvalue weighted by Crippen LogP contribution is 2.31. The van der Waals surface area contributed by atoms with Gasteiger partial charge in [-0.25, -0.2) is 15.0 Å². The van der Waals surface area contributed by atoms with Gasteiger partial charge in [-0.2, -0.15) is 0 Å². The second-order valence-electron chi connectivity index (χ2n) is 7.73. The standard InChI is InChI=1S/C25H21N5OS2/c1-15-6-11-20-21(12-15)33-24(29-20)17-7-9-18(10-8-17)27-23(31)13-19-14-32-25(28-19)30-22-5-3-4-16(2)26-22/h3-12,14H,13H2,1-2H3,(H,27,31)(H,26,28,30). The molecule has 0 bridgehead atoms. The number of nitrogens with zero attached hydrogens (tertiary/aromatic N) is 3. The van der Waals surface area contributed by atoms with Gasteiger partial charge in [0.25, 0.3) is 0 Å². The average Bonchev–Trinajstić information content (AvgIpc) is 3.40. The third-order valence-corrected chi connectivity index (χ3v) is 6.85. The van der Waals surface area contributed by atoms with Gasteiger partial charge in [0.2, 0.25) is 5.91 Å². The van der Waals surface area contributed by atoms with Gasteiger partial charge in [0.05, 0.1) is 22.3 Å². The first-order valence-electron chi connectivity index (χ1n) is 10.4. The number of hydrogen-bond acceptors (Lipinski definition) is 7. The number of nitrogens with one attached hydrogen (secondary N) is 2. The number of aromatic nitrogens is 3. The second kappa shape index (κ2) is 9.09. The third-order valence-electron chi connectivity index (χ3n) is 4.98. The van der Waals surface area contributed by atoms with E-state index in [4.69, 9.17) is 4.98 Å². The Morgan fingerprint density at radius 2 is 1.82 bits per heavy atom. The molecule has 0 atom stereocenters. The molecule has 8 heteroatoms. The summed E-state index contributed by atoms with van der Waals surface area (Å²) in [6.45, 7) is 4.02. The Labute approximate surface area is 199 Å². The largest absolute Gasteiger partial charge is 0.326 e. The first-order valence-corrected chi connectivity index (χ1v) is 12.1. The van der Waals surface area contributed by atoms with Crippen molar-refractivity contribution in [2.24, 2.45) is 0 Å². The number of carbonyl (C=O) groups is 1. The fourth-order valence-electron chi connectivity index (χ4n) is 3.39. The molecule has 0 radical (unpaired) electrons. The van der Waals surface area contributed by atoms with Crippen LogP contribution in [0.3, 0.4) is 0 Å². The molecule has 1 amide bonds. The van der Waals surface area contributed by atoms with E-state index in [0.29, 0.717) is 10.8 Å². The Morgan fingerprint density at radius 3 is 2.64 bits per heavy atom. The fourth-order valence-corrected chi connectivity index (χ4v) is 5.18. The second-order valence-corrected chi connectivity index (χ2v) is 9.61. The maximum absolute atomic E-state index is 12.5. The van der Waals surface area contributed by atoms with Crippen molar-refractivity contribution >= 4 is 55.4 Å². The molecular formula is C25H21N5OS2. The highest BCUT2D eigenvalue weighted by Gasteiger charge is 2.10. The van der Waals surface area contributed by atoms with Crippen molar-refractivity contribution in [2.45, 2.75) is 20.3 Å². The first kappa shape index (κ1) is 21.2. The molecule has 0 unspecified atom stereocenters. The lowest BCUT2D eigenvalue weighted by Gasteiger charge is -2.05. The van der Waals surface area contributed by atoms with Gasteiger partial charge in [-0.15, -0.1) is 22.7 Å². The van der Waals surface area contributed by atoms with Gasteiger partial charge >= 0.3 is 0 Å². The SMILES string of the molecule is Cc1ccc2nc(-c3ccc(NC(=O)Cc4csc(Nc5cccc(C)n5)n4)cc3)sc2c1. The fraction of sp³-hybridized carbons (Fsp3) is 0.120. The average molecular weight is 472 g/mol. The Balaban J connectivity index is 1.21. The van der Waals surface area contributed by atoms with Gasteiger partial charge < -0.3 is 10.6 Å². The van der Waals surface area contributed by atoms with Crippen LogP contribution in [0.4, 0.5) is 16.6 Å². The van der Waals surface area contributed by atoms with Crippen molar-refractivity contribution in [1.29, 1.82) is 0 Å². The van der Waals surface area contributed by atoms with Crippen molar-refractivity contribution in [3.05, 3.63) is 83.0 Å². The lowest BCUT2D eigenvalue weighted by molar-refractivity contribution is -0.115. The molecule has 0 fully saturated rings. The van der Waals surface area contributed by atoms with E-state index >= 15 is 0 Å². The van der Waals surface area contributed by atoms with Crippen LogP contribution in [-0.2, 0) is 11.2 Å². The zero-order valence-electron chi connectivity index (χ0n) is 18.1. The predicted molar refractivity (Wildman–Crippen MR) is 136 cm³/mol. The number of thiazole rings is 2. The zero-order chi connectivity index (χ0) is 22.8. The van der Waals surface area contributed by atoms with E-state index in [1.54, 1.807) is 11.3 Å². The van der Waals surface area contributed by atoms with Gasteiger partial charge in [-0.3, -0.25) is 4.79 Å². The summed E-state index contributed by atoms with van der Waals surface area (Å²) < 4.78 is 1.18. The van der Waals surface area contributed by atoms with E-state index in [1.165, 1.54) is 21.6 Å². The molecule has 0 saturated heterocycles. The topological polar surface area (TPSA) is 79.8 Å². The van der Waals surface area contributed by atoms with Gasteiger partial charge in [0.15, 0.2) is 5.13 Å². The summed E-state index contributed by atoms with van der Waals surface area (Å²) in [5.74, 6) is 0.632. The van der Waals surface area contributed by atoms with Crippen LogP contribution < -0.4 is 10.6 Å². The van der Waals surface area contributed by atoms with Crippen LogP contribution in [-0.4, -0.2) is 20.9 Å². The van der Waals surface area contributed by atoms with Crippen LogP contribution in [0, 0.1) is 13.8 Å². The minimum Gasteiger partial charge on any atom is -0.326 e. The number of anilines is 3. The summed E-state index contributed by atoms with van der Waals surface area (Å²) in [6, 6.07) is 19.8. The highest BCUT2D eigenvalue weighted by molar-refractivity contribution is 7.21. The number of carbonyl (C=O) groups excluding carboxylic acids is 1. The maximum atomic E-state index is 12.5. The molecule has 5 aromatic rings. The lowest BCUT2D eigenvalue weighted by atomic mass is 10.2. The van der Waals surface area contributed by atoms with Gasteiger partial charge in [0, 0.05) is 22.3 Å². The lowest BCUT2D eigenvalue weighted by Crippen LogP contribution is -2.14. The molecule has 5 rings (SSSR count). The van der Waals surface area contributed by atoms with Crippen molar-refractivity contribution < 1.29 is 4.79 Å². The minimum atomic E-state index is -0.108. The molecule has 2 N–H and O–H groups in total. The molecule has 3 heterocycles. The van der Waals surface area contributed by atoms with Crippen molar-refractivity contribution in [3.63, 3.8) is 0 Å². The van der Waals surface area contributed by atoms with Gasteiger partial charge in [-0.1, -0.05) is 12.1 Å². The third kappa shape index (κ3) is 5.08. The van der Waals surface area contributed by atoms with E-state index < -0.39 is 0 Å². The van der Waals surface area contributed by atoms with Crippen molar-refractivity contribution in [2.75, 3.05) is 10.6 Å². The number of hydrogen-bond donors (Lipinski definition) is 2. The number of fused-ring (bicyclic) bond motifs is 1. The summed E-state index contributed by atoms with van der Waals surface area (Å²) in [6.07, 6.45) is 0.207. The summed E-state index contributed by atoms with van der Waals surface area (Å²) in [4.78, 5) is 26.1. The van der Waals surface area contributed by atoms with E-state index in [2.05, 4.69) is 45.7 Å². The first-order chi connectivity index (χ1) is 16.0. The summed E-state index contributed by atoms with van der Waals surface area (Å²) in [5.41, 5.74) is 5.67. The summed E-state index contributed by atoms with van der Waals surface area (Å²) in [7, 11) is 0. The van der Waals surface area contributed by atoms with Crippen LogP contribution in [0.15, 0.2) is 66.0 Å². The van der Waals surface area contributed by atoms with Crippen LogP contribution in [0.2, 0.25) is 0 Å². The van der Waals surface area contributed by atoms with Gasteiger partial charge in [-0.05, 0) is 67.9 Å². The molecule has 2 aromatic carbocycles. The Morgan fingerprint density at radius 1 is 0.970 bits per heavy atom. The molecule has 0 aliphatic carbocycles. The predicted octanol–water partition coefficient (Wildman–Crippen LogP) is 6.36. The number of amides is 1. The van der Waals surface area contributed by atoms with E-state index in [9.17, 15) is 4.79 Å². The minimum absolute atomic E-state index is 0.108. The Bertz CT molecular complexity index is 1440. The highest BCUT2D eigenvalue weighted by atomic mass is 32.1. The quantitative estimate of drug-likeness (QED) is 0.301. The molecule has 0 aliphatic rings. The summed E-state index contributed by atoms with van der Waals surface area (Å²) >= 11 is 3.13. The molecule has 164 valence electrons. The van der Waals surface area contributed by atoms with Crippen LogP contribution >= 0.6 is 22.7 Å². The normalized spacial score (nSPS) is 11.0. The smallest absolute Gasteiger partial charge is 0.230 e. The van der Waals surface area contributed by atoms with Crippen molar-refractivity contribution in [3.8, 4) is 10.6 Å².